The lowest BCUT2D eigenvalue weighted by Crippen LogP contribution is -2.34. The molecule has 1 aromatic heterocycles. The number of pyridine rings is 1. The number of alkyl halides is 3. The Labute approximate surface area is 214 Å². The van der Waals surface area contributed by atoms with Crippen molar-refractivity contribution in [2.24, 2.45) is 0 Å². The van der Waals surface area contributed by atoms with Crippen LogP contribution >= 0.6 is 11.8 Å². The van der Waals surface area contributed by atoms with Crippen molar-refractivity contribution >= 4 is 51.0 Å². The summed E-state index contributed by atoms with van der Waals surface area (Å²) in [5.41, 5.74) is -3.53. The number of halogens is 3. The van der Waals surface area contributed by atoms with E-state index >= 15 is 0 Å². The highest BCUT2D eigenvalue weighted by molar-refractivity contribution is 8.00. The van der Waals surface area contributed by atoms with Gasteiger partial charge >= 0.3 is 21.7 Å². The zero-order valence-corrected chi connectivity index (χ0v) is 20.8. The number of hydrogen-bond acceptors (Lipinski definition) is 6. The van der Waals surface area contributed by atoms with E-state index in [-0.39, 0.29) is 34.6 Å². The van der Waals surface area contributed by atoms with Gasteiger partial charge in [-0.25, -0.2) is 9.69 Å². The highest BCUT2D eigenvalue weighted by Gasteiger charge is 2.43. The largest absolute Gasteiger partial charge is 0.446 e. The van der Waals surface area contributed by atoms with Gasteiger partial charge in [-0.15, -0.1) is 0 Å². The van der Waals surface area contributed by atoms with Gasteiger partial charge in [0.2, 0.25) is 0 Å². The molecule has 3 amide bonds. The summed E-state index contributed by atoms with van der Waals surface area (Å²) >= 11 is -0.303. The first-order valence-electron chi connectivity index (χ1n) is 10.7. The number of thioether (sulfide) groups is 1. The molecule has 3 aromatic rings. The lowest BCUT2D eigenvalue weighted by Gasteiger charge is -2.21. The number of hydrogen-bond donors (Lipinski definition) is 2. The highest BCUT2D eigenvalue weighted by atomic mass is 32.2. The maximum absolute atomic E-state index is 13.2. The molecule has 1 aliphatic rings. The summed E-state index contributed by atoms with van der Waals surface area (Å²) in [4.78, 5) is 32.0. The van der Waals surface area contributed by atoms with Crippen LogP contribution in [0.3, 0.4) is 0 Å². The van der Waals surface area contributed by atoms with Crippen LogP contribution in [0.15, 0.2) is 78.0 Å². The van der Waals surface area contributed by atoms with Crippen molar-refractivity contribution in [3.63, 3.8) is 0 Å². The minimum atomic E-state index is -4.47. The number of nitrogens with one attached hydrogen (secondary N) is 2. The minimum Gasteiger partial charge on any atom is -0.308 e. The molecule has 2 heterocycles. The predicted octanol–water partition coefficient (Wildman–Crippen LogP) is 4.82. The molecule has 2 N–H and O–H groups in total. The van der Waals surface area contributed by atoms with Crippen LogP contribution in [0.4, 0.5) is 35.0 Å². The van der Waals surface area contributed by atoms with Crippen LogP contribution in [0.2, 0.25) is 0 Å². The van der Waals surface area contributed by atoms with Crippen LogP contribution in [0.1, 0.15) is 12.5 Å². The fourth-order valence-electron chi connectivity index (χ4n) is 3.62. The second kappa shape index (κ2) is 10.3. The number of aromatic nitrogens is 1. The van der Waals surface area contributed by atoms with Crippen molar-refractivity contribution < 1.29 is 31.2 Å². The first-order chi connectivity index (χ1) is 17.4. The molecule has 37 heavy (non-hydrogen) atoms. The monoisotopic (exact) mass is 551 g/mol. The molecule has 2 aromatic carbocycles. The number of rotatable bonds is 8. The number of carbonyl (C=O) groups excluding carboxylic acids is 2. The van der Waals surface area contributed by atoms with Crippen LogP contribution < -0.4 is 14.3 Å². The summed E-state index contributed by atoms with van der Waals surface area (Å²) in [5.74, 6) is -0.567. The van der Waals surface area contributed by atoms with Crippen LogP contribution in [0.5, 0.6) is 0 Å². The van der Waals surface area contributed by atoms with Crippen molar-refractivity contribution in [3.8, 4) is 0 Å². The first kappa shape index (κ1) is 26.3. The zero-order chi connectivity index (χ0) is 26.8. The quantitative estimate of drug-likeness (QED) is 0.307. The van der Waals surface area contributed by atoms with E-state index in [1.54, 1.807) is 30.3 Å². The Kier molecular flexibility index (Phi) is 7.32. The number of imide groups is 1. The van der Waals surface area contributed by atoms with Crippen molar-refractivity contribution in [2.75, 3.05) is 14.3 Å². The predicted molar refractivity (Wildman–Crippen MR) is 133 cm³/mol. The average molecular weight is 552 g/mol. The molecule has 14 heteroatoms. The van der Waals surface area contributed by atoms with Gasteiger partial charge in [0.1, 0.15) is 6.04 Å². The van der Waals surface area contributed by atoms with Gasteiger partial charge in [0.15, 0.2) is 0 Å². The van der Waals surface area contributed by atoms with Crippen LogP contribution in [0, 0.1) is 0 Å². The molecule has 1 fully saturated rings. The van der Waals surface area contributed by atoms with Gasteiger partial charge in [-0.1, -0.05) is 18.2 Å². The first-order valence-corrected chi connectivity index (χ1v) is 13.0. The Morgan fingerprint density at radius 1 is 1.00 bits per heavy atom. The Morgan fingerprint density at radius 3 is 2.32 bits per heavy atom. The van der Waals surface area contributed by atoms with Crippen molar-refractivity contribution in [1.29, 1.82) is 0 Å². The molecule has 0 saturated carbocycles. The third-order valence-electron chi connectivity index (χ3n) is 5.33. The minimum absolute atomic E-state index is 0.0851. The number of carbonyl (C=O) groups is 2. The summed E-state index contributed by atoms with van der Waals surface area (Å²) in [6.45, 7) is 1.38. The lowest BCUT2D eigenvalue weighted by molar-refractivity contribution is -0.119. The van der Waals surface area contributed by atoms with Gasteiger partial charge in [0.25, 0.3) is 5.91 Å². The fourth-order valence-corrected chi connectivity index (χ4v) is 5.13. The van der Waals surface area contributed by atoms with Crippen molar-refractivity contribution in [2.45, 2.75) is 29.9 Å². The van der Waals surface area contributed by atoms with E-state index in [2.05, 4.69) is 14.4 Å². The smallest absolute Gasteiger partial charge is 0.308 e. The average Bonchev–Trinajstić information content (AvgIpc) is 3.03. The lowest BCUT2D eigenvalue weighted by atomic mass is 10.2. The summed E-state index contributed by atoms with van der Waals surface area (Å²) < 4.78 is 67.8. The van der Waals surface area contributed by atoms with Crippen LogP contribution in [-0.2, 0) is 21.5 Å². The van der Waals surface area contributed by atoms with Gasteiger partial charge in [-0.3, -0.25) is 19.2 Å². The molecule has 1 saturated heterocycles. The number of nitrogens with zero attached hydrogens (tertiary/aromatic N) is 3. The molecule has 1 aliphatic heterocycles. The van der Waals surface area contributed by atoms with E-state index in [9.17, 15) is 31.2 Å². The van der Waals surface area contributed by atoms with Crippen LogP contribution in [0.25, 0.3) is 0 Å². The number of benzene rings is 2. The molecular weight excluding hydrogens is 531 g/mol. The maximum Gasteiger partial charge on any atom is 0.446 e. The Hall–Kier alpha value is -3.78. The summed E-state index contributed by atoms with van der Waals surface area (Å²) in [7, 11) is -4.06. The zero-order valence-electron chi connectivity index (χ0n) is 19.1. The fraction of sp³-hybridized carbons (Fsp3) is 0.174. The third-order valence-corrected chi connectivity index (χ3v) is 7.07. The summed E-state index contributed by atoms with van der Waals surface area (Å²) in [6.07, 6.45) is 2.70. The highest BCUT2D eigenvalue weighted by Crippen LogP contribution is 2.38. The molecule has 0 spiro atoms. The van der Waals surface area contributed by atoms with Crippen LogP contribution in [-0.4, -0.2) is 41.8 Å². The molecule has 0 radical (unpaired) electrons. The molecule has 0 bridgehead atoms. The molecule has 194 valence electrons. The number of urea groups is 1. The molecule has 1 atom stereocenters. The van der Waals surface area contributed by atoms with Gasteiger partial charge < -0.3 is 4.90 Å². The number of anilines is 3. The Morgan fingerprint density at radius 2 is 1.68 bits per heavy atom. The Balaban J connectivity index is 1.52. The van der Waals surface area contributed by atoms with E-state index in [0.29, 0.717) is 11.3 Å². The summed E-state index contributed by atoms with van der Waals surface area (Å²) in [6, 6.07) is 13.0. The van der Waals surface area contributed by atoms with Crippen molar-refractivity contribution in [1.82, 2.24) is 9.88 Å². The maximum atomic E-state index is 13.2. The summed E-state index contributed by atoms with van der Waals surface area (Å²) in [5, 5.41) is 0. The van der Waals surface area contributed by atoms with E-state index in [1.165, 1.54) is 54.5 Å². The number of amides is 3. The van der Waals surface area contributed by atoms with Gasteiger partial charge in [0.05, 0.1) is 29.8 Å². The molecule has 9 nitrogen and oxygen atoms in total. The van der Waals surface area contributed by atoms with E-state index in [0.717, 1.165) is 4.90 Å². The SMILES string of the molecule is CC1C(=O)N(c2ccc(SC(F)(F)F)cc2)C(=O)N1Cc1ccncc1NS(=O)(=O)Nc1ccccc1. The van der Waals surface area contributed by atoms with Gasteiger partial charge in [0, 0.05) is 11.1 Å². The van der Waals surface area contributed by atoms with Gasteiger partial charge in [-0.2, -0.15) is 21.6 Å². The molecular formula is C23H20F3N5O4S2. The van der Waals surface area contributed by atoms with Gasteiger partial charge in [-0.05, 0) is 66.7 Å². The second-order valence-electron chi connectivity index (χ2n) is 7.91. The third kappa shape index (κ3) is 6.32. The number of para-hydroxylation sites is 1. The molecule has 4 rings (SSSR count). The standard InChI is InChI=1S/C23H20F3N5O4S2/c1-15-21(32)31(18-7-9-19(10-8-18)36-23(24,25)26)22(33)30(15)14-16-11-12-27-13-20(16)29-37(34,35)28-17-5-3-2-4-6-17/h2-13,15,28-29H,14H2,1H3. The molecule has 0 aliphatic carbocycles. The van der Waals surface area contributed by atoms with E-state index < -0.39 is 33.7 Å². The second-order valence-corrected chi connectivity index (χ2v) is 10.5. The van der Waals surface area contributed by atoms with Crippen molar-refractivity contribution in [3.05, 3.63) is 78.6 Å². The Bertz CT molecular complexity index is 1400. The van der Waals surface area contributed by atoms with E-state index in [1.807, 2.05) is 0 Å². The molecule has 1 unspecified atom stereocenters. The normalized spacial score (nSPS) is 16.3. The van der Waals surface area contributed by atoms with E-state index in [4.69, 9.17) is 0 Å². The topological polar surface area (TPSA) is 112 Å².